The van der Waals surface area contributed by atoms with Crippen molar-refractivity contribution in [1.82, 2.24) is 492 Å². The minimum atomic E-state index is 0. The summed E-state index contributed by atoms with van der Waals surface area (Å²) >= 11 is 0. The first kappa shape index (κ1) is 65800. The Hall–Kier alpha value is -2.67. The lowest BCUT2D eigenvalue weighted by Crippen LogP contribution is -0.482. The van der Waals surface area contributed by atoms with Gasteiger partial charge in [0.1, 0.15) is 0 Å². The van der Waals surface area contributed by atoms with Crippen molar-refractivity contribution in [2.75, 3.05) is 0 Å². The monoisotopic (exact) mass is 1390 g/mol. The molecule has 0 saturated carbocycles. The molecule has 0 amide bonds. The van der Waals surface area contributed by atoms with Crippen molar-refractivity contribution >= 4 is 17.4 Å². The lowest BCUT2D eigenvalue weighted by atomic mass is 14.0. The first-order valence-electron chi connectivity index (χ1n) is 0. The normalized spacial score (nSPS) is 0. The van der Waals surface area contributed by atoms with Crippen molar-refractivity contribution in [3.63, 3.8) is 0 Å². The highest BCUT2D eigenvalue weighted by atomic mass is 27.0. The van der Waals surface area contributed by atoms with E-state index in [9.17, 15) is 0 Å². The molecule has 81 heteroatoms. The summed E-state index contributed by atoms with van der Waals surface area (Å²) in [5.74, 6) is 0. The quantitative estimate of drug-likeness (QED) is 0.100. The van der Waals surface area contributed by atoms with Crippen LogP contribution < -0.4 is 492 Å². The Labute approximate surface area is 509 Å². The number of hydrogen-bond donors (Lipinski definition) is 80. The number of hydrogen-bond acceptors (Lipinski definition) is 80. The zero-order valence-corrected chi connectivity index (χ0v) is 56.6. The molecule has 0 radical (unpaired) electrons. The summed E-state index contributed by atoms with van der Waals surface area (Å²) in [5.41, 5.74) is 0. The van der Waals surface area contributed by atoms with E-state index >= 15 is 0 Å². The molecule has 0 saturated heterocycles. The molecule has 0 atom stereocenters. The molecule has 0 aliphatic rings. The lowest BCUT2D eigenvalue weighted by Gasteiger charge is -0.345. The highest BCUT2D eigenvalue weighted by Crippen LogP contribution is -0.377. The zero-order valence-electron chi connectivity index (χ0n) is 56.6. The maximum atomic E-state index is 0. The second-order valence-electron chi connectivity index (χ2n) is 0. The summed E-state index contributed by atoms with van der Waals surface area (Å²) < 4.78 is 0. The Morgan fingerprint density at radius 3 is 0.0247 bits per heavy atom. The minimum Gasteiger partial charge on any atom is -0.344 e. The summed E-state index contributed by atoms with van der Waals surface area (Å²) in [6, 6.07) is 0. The van der Waals surface area contributed by atoms with Gasteiger partial charge in [-0.05, 0) is 0 Å². The van der Waals surface area contributed by atoms with Crippen LogP contribution in [0.3, 0.4) is 0 Å². The Morgan fingerprint density at radius 2 is 0.0247 bits per heavy atom. The average Bonchev–Trinajstić information content (AvgIpc) is 0. The molecule has 0 aromatic carbocycles. The summed E-state index contributed by atoms with van der Waals surface area (Å²) in [6.45, 7) is 0. The van der Waals surface area contributed by atoms with E-state index in [1.165, 1.54) is 0 Å². The fourth-order valence-corrected chi connectivity index (χ4v) is 0. The third kappa shape index (κ3) is 61700. The predicted octanol–water partition coefficient (Wildman–Crippen LogP) is 11.8. The van der Waals surface area contributed by atoms with Crippen LogP contribution in [0, 0.1) is 0 Å². The molecule has 0 aliphatic heterocycles. The van der Waals surface area contributed by atoms with Crippen LogP contribution >= 0.6 is 0 Å². The predicted molar refractivity (Wildman–Crippen MR) is 412 cm³/mol. The van der Waals surface area contributed by atoms with Gasteiger partial charge in [0, 0.05) is 0 Å². The Kier molecular flexibility index (Phi) is 51500000. The third-order valence-corrected chi connectivity index (χ3v) is 0. The first-order chi connectivity index (χ1) is 0. The summed E-state index contributed by atoms with van der Waals surface area (Å²) in [7, 11) is 0. The van der Waals surface area contributed by atoms with Crippen LogP contribution in [0.2, 0.25) is 0 Å². The van der Waals surface area contributed by atoms with E-state index in [-0.39, 0.29) is 509 Å². The molecule has 0 aliphatic carbocycles. The van der Waals surface area contributed by atoms with E-state index in [4.69, 9.17) is 0 Å². The van der Waals surface area contributed by atoms with E-state index in [0.717, 1.165) is 0 Å². The summed E-state index contributed by atoms with van der Waals surface area (Å²) in [4.78, 5) is 0. The largest absolute Gasteiger partial charge is 0.344 e. The lowest BCUT2D eigenvalue weighted by molar-refractivity contribution is 2.13. The van der Waals surface area contributed by atoms with E-state index < -0.39 is 0 Å². The van der Waals surface area contributed by atoms with Crippen LogP contribution in [0.1, 0.15) is 0 Å². The minimum absolute atomic E-state index is 0. The van der Waals surface area contributed by atoms with E-state index in [1.807, 2.05) is 0 Å². The molecular weight excluding hydrogens is 1150 g/mol. The molecule has 0 aromatic heterocycles. The van der Waals surface area contributed by atoms with Crippen LogP contribution in [-0.2, 0) is 0 Å². The molecule has 646 valence electrons. The Morgan fingerprint density at radius 1 is 0.0247 bits per heavy atom. The molecule has 240 N–H and O–H groups in total. The van der Waals surface area contributed by atoms with E-state index in [2.05, 4.69) is 0 Å². The standard InChI is InChI=1S/Al.80H3N.3H/h;80*1H3;;;. The van der Waals surface area contributed by atoms with Gasteiger partial charge in [0.05, 0.1) is 0 Å². The van der Waals surface area contributed by atoms with Gasteiger partial charge in [0.2, 0.25) is 0 Å². The van der Waals surface area contributed by atoms with Gasteiger partial charge in [0.25, 0.3) is 0 Å². The molecule has 0 aromatic rings. The third-order valence-electron chi connectivity index (χ3n) is 0. The van der Waals surface area contributed by atoms with Gasteiger partial charge in [-0.25, -0.2) is 0 Å². The highest BCUT2D eigenvalue weighted by Gasteiger charge is 0.187. The maximum Gasteiger partial charge on any atom is 0.187 e. The summed E-state index contributed by atoms with van der Waals surface area (Å²) in [5, 5.41) is 0. The van der Waals surface area contributed by atoms with E-state index in [0.29, 0.717) is 0 Å². The molecule has 0 bridgehead atoms. The molecule has 0 rings (SSSR count). The average molecular weight is 1390 g/mol. The zero-order chi connectivity index (χ0) is 0. The highest BCUT2D eigenvalue weighted by molar-refractivity contribution is 5.75. The van der Waals surface area contributed by atoms with Crippen molar-refractivity contribution in [2.45, 2.75) is 0 Å². The smallest absolute Gasteiger partial charge is 0.187 e. The van der Waals surface area contributed by atoms with Crippen LogP contribution in [0.25, 0.3) is 0 Å². The second-order valence-corrected chi connectivity index (χ2v) is 0. The van der Waals surface area contributed by atoms with Gasteiger partial charge in [-0.2, -0.15) is 0 Å². The molecule has 81 heavy (non-hydrogen) atoms. The van der Waals surface area contributed by atoms with Crippen molar-refractivity contribution in [1.29, 1.82) is 0 Å². The molecular formula is H243AlN80. The molecule has 0 unspecified atom stereocenters. The molecule has 80 nitrogen and oxygen atoms in total. The van der Waals surface area contributed by atoms with Crippen LogP contribution in [-0.4, -0.2) is 17.4 Å². The van der Waals surface area contributed by atoms with Crippen molar-refractivity contribution < 1.29 is 0 Å². The van der Waals surface area contributed by atoms with Gasteiger partial charge in [-0.1, -0.05) is 0 Å². The van der Waals surface area contributed by atoms with Crippen LogP contribution in [0.4, 0.5) is 0 Å². The van der Waals surface area contributed by atoms with Crippen LogP contribution in [0.5, 0.6) is 0 Å². The molecule has 0 fully saturated rings. The topological polar surface area (TPSA) is 2800 Å². The fraction of sp³-hybridized carbons (Fsp3) is 0. The molecule has 0 spiro atoms. The van der Waals surface area contributed by atoms with Gasteiger partial charge < -0.3 is 492 Å². The Bertz CT molecular complexity index is 7.77. The van der Waals surface area contributed by atoms with Gasteiger partial charge in [-0.3, -0.25) is 0 Å². The molecule has 0 heterocycles. The van der Waals surface area contributed by atoms with Crippen molar-refractivity contribution in [2.24, 2.45) is 0 Å². The first-order valence-corrected chi connectivity index (χ1v) is 0. The van der Waals surface area contributed by atoms with E-state index in [1.54, 1.807) is 0 Å². The number of rotatable bonds is 0. The van der Waals surface area contributed by atoms with Gasteiger partial charge in [-0.15, -0.1) is 0 Å². The summed E-state index contributed by atoms with van der Waals surface area (Å²) in [6.07, 6.45) is 0. The van der Waals surface area contributed by atoms with Crippen molar-refractivity contribution in [3.8, 4) is 0 Å². The maximum absolute atomic E-state index is 0. The van der Waals surface area contributed by atoms with Crippen LogP contribution in [0.15, 0.2) is 0 Å². The second kappa shape index (κ2) is 63300. The fourth-order valence-electron chi connectivity index (χ4n) is 0. The Balaban J connectivity index is 0. The van der Waals surface area contributed by atoms with Gasteiger partial charge in [0.15, 0.2) is 17.4 Å². The SMILES string of the molecule is N.N.N.N.N.N.N.N.N.N.N.N.N.N.N.N.N.N.N.N.N.N.N.N.N.N.N.N.N.N.N.N.N.N.N.N.N.N.N.N.N.N.N.N.N.N.N.N.N.N.N.N.N.N.N.N.N.N.N.N.N.N.N.N.N.N.N.N.N.N.N.N.N.N.N.N.N.N.N.N.[AlH3]. The van der Waals surface area contributed by atoms with Crippen molar-refractivity contribution in [3.05, 3.63) is 0 Å². The van der Waals surface area contributed by atoms with Gasteiger partial charge >= 0.3 is 0 Å².